The maximum atomic E-state index is 13.8. The Balaban J connectivity index is 1.89. The van der Waals surface area contributed by atoms with Gasteiger partial charge in [0.05, 0.1) is 11.1 Å². The fraction of sp³-hybridized carbons (Fsp3) is 0.353. The Bertz CT molecular complexity index is 834. The zero-order valence-corrected chi connectivity index (χ0v) is 15.8. The molecule has 1 heterocycles. The highest BCUT2D eigenvalue weighted by molar-refractivity contribution is 7.88. The number of thiophene rings is 1. The molecule has 0 aliphatic carbocycles. The van der Waals surface area contributed by atoms with Crippen LogP contribution in [-0.2, 0) is 10.0 Å². The summed E-state index contributed by atoms with van der Waals surface area (Å²) in [5.41, 5.74) is 0.471. The topological polar surface area (TPSA) is 66.5 Å². The van der Waals surface area contributed by atoms with Crippen molar-refractivity contribution in [2.45, 2.75) is 13.3 Å². The first-order valence-electron chi connectivity index (χ1n) is 7.91. The van der Waals surface area contributed by atoms with Gasteiger partial charge in [-0.05, 0) is 24.6 Å². The van der Waals surface area contributed by atoms with E-state index in [0.29, 0.717) is 41.4 Å². The lowest BCUT2D eigenvalue weighted by Gasteiger charge is -2.17. The largest absolute Gasteiger partial charge is 0.351 e. The third-order valence-electron chi connectivity index (χ3n) is 3.66. The van der Waals surface area contributed by atoms with Crippen molar-refractivity contribution < 1.29 is 17.6 Å². The molecule has 0 saturated heterocycles. The van der Waals surface area contributed by atoms with E-state index in [4.69, 9.17) is 0 Å². The Morgan fingerprint density at radius 2 is 1.96 bits per heavy atom. The number of sulfonamides is 1. The fourth-order valence-corrected chi connectivity index (χ4v) is 4.25. The number of carbonyl (C=O) groups is 1. The molecule has 8 heteroatoms. The van der Waals surface area contributed by atoms with Crippen LogP contribution in [0, 0.1) is 5.82 Å². The fourth-order valence-electron chi connectivity index (χ4n) is 2.37. The molecule has 0 radical (unpaired) electrons. The first kappa shape index (κ1) is 19.6. The van der Waals surface area contributed by atoms with Crippen LogP contribution in [0.25, 0.3) is 10.4 Å². The number of rotatable bonds is 8. The Hall–Kier alpha value is -1.77. The molecule has 1 N–H and O–H groups in total. The molecule has 0 unspecified atom stereocenters. The third-order valence-corrected chi connectivity index (χ3v) is 6.16. The van der Waals surface area contributed by atoms with Crippen LogP contribution in [-0.4, -0.2) is 44.5 Å². The molecule has 0 aliphatic heterocycles. The van der Waals surface area contributed by atoms with Gasteiger partial charge in [0.15, 0.2) is 0 Å². The lowest BCUT2D eigenvalue weighted by molar-refractivity contribution is 0.0957. The Kier molecular flexibility index (Phi) is 6.69. The van der Waals surface area contributed by atoms with E-state index in [0.717, 1.165) is 0 Å². The predicted molar refractivity (Wildman–Crippen MR) is 98.8 cm³/mol. The second-order valence-electron chi connectivity index (χ2n) is 5.51. The Morgan fingerprint density at radius 1 is 1.24 bits per heavy atom. The summed E-state index contributed by atoms with van der Waals surface area (Å²) in [4.78, 5) is 13.3. The zero-order valence-electron chi connectivity index (χ0n) is 14.2. The minimum absolute atomic E-state index is 0.241. The highest BCUT2D eigenvalue weighted by atomic mass is 32.2. The number of nitrogens with one attached hydrogen (secondary N) is 1. The molecule has 0 fully saturated rings. The van der Waals surface area contributed by atoms with E-state index in [1.54, 1.807) is 37.3 Å². The van der Waals surface area contributed by atoms with E-state index in [2.05, 4.69) is 5.32 Å². The average Bonchev–Trinajstić information content (AvgIpc) is 3.03. The minimum atomic E-state index is -3.21. The molecule has 0 spiro atoms. The number of hydrogen-bond acceptors (Lipinski definition) is 4. The van der Waals surface area contributed by atoms with Crippen molar-refractivity contribution in [3.63, 3.8) is 0 Å². The highest BCUT2D eigenvalue weighted by Crippen LogP contribution is 2.29. The number of hydrogen-bond donors (Lipinski definition) is 1. The van der Waals surface area contributed by atoms with Gasteiger partial charge in [0.25, 0.3) is 5.91 Å². The molecular weight excluding hydrogens is 363 g/mol. The standard InChI is InChI=1S/C17H21FN2O3S2/c1-3-20(25(2,22)23)12-6-11-19-17(21)16-10-9-15(24-16)13-7-4-5-8-14(13)18/h4-5,7-10H,3,6,11-12H2,1-2H3,(H,19,21). The van der Waals surface area contributed by atoms with Crippen LogP contribution >= 0.6 is 11.3 Å². The van der Waals surface area contributed by atoms with Gasteiger partial charge in [0, 0.05) is 30.1 Å². The van der Waals surface area contributed by atoms with Gasteiger partial charge in [-0.1, -0.05) is 25.1 Å². The first-order valence-corrected chi connectivity index (χ1v) is 10.6. The number of amides is 1. The van der Waals surface area contributed by atoms with Gasteiger partial charge in [-0.25, -0.2) is 17.1 Å². The molecule has 0 atom stereocenters. The van der Waals surface area contributed by atoms with Gasteiger partial charge >= 0.3 is 0 Å². The quantitative estimate of drug-likeness (QED) is 0.712. The highest BCUT2D eigenvalue weighted by Gasteiger charge is 2.15. The van der Waals surface area contributed by atoms with E-state index in [1.165, 1.54) is 28.0 Å². The summed E-state index contributed by atoms with van der Waals surface area (Å²) in [6.07, 6.45) is 1.70. The summed E-state index contributed by atoms with van der Waals surface area (Å²) in [6.45, 7) is 2.91. The van der Waals surface area contributed by atoms with E-state index < -0.39 is 10.0 Å². The minimum Gasteiger partial charge on any atom is -0.351 e. The SMILES string of the molecule is CCN(CCCNC(=O)c1ccc(-c2ccccc2F)s1)S(C)(=O)=O. The number of benzene rings is 1. The lowest BCUT2D eigenvalue weighted by Crippen LogP contribution is -2.33. The van der Waals surface area contributed by atoms with Crippen molar-refractivity contribution in [3.05, 3.63) is 47.1 Å². The van der Waals surface area contributed by atoms with E-state index >= 15 is 0 Å². The van der Waals surface area contributed by atoms with E-state index in [9.17, 15) is 17.6 Å². The van der Waals surface area contributed by atoms with E-state index in [1.807, 2.05) is 0 Å². The third kappa shape index (κ3) is 5.35. The zero-order chi connectivity index (χ0) is 18.4. The van der Waals surface area contributed by atoms with Crippen molar-refractivity contribution in [2.75, 3.05) is 25.9 Å². The predicted octanol–water partition coefficient (Wildman–Crippen LogP) is 2.96. The van der Waals surface area contributed by atoms with Crippen LogP contribution in [0.3, 0.4) is 0 Å². The molecule has 5 nitrogen and oxygen atoms in total. The summed E-state index contributed by atoms with van der Waals surface area (Å²) in [6, 6.07) is 9.82. The number of nitrogens with zero attached hydrogens (tertiary/aromatic N) is 1. The van der Waals surface area contributed by atoms with Gasteiger partial charge in [-0.3, -0.25) is 4.79 Å². The van der Waals surface area contributed by atoms with Crippen molar-refractivity contribution in [3.8, 4) is 10.4 Å². The molecule has 0 aliphatic rings. The molecule has 1 amide bonds. The Morgan fingerprint density at radius 3 is 2.60 bits per heavy atom. The van der Waals surface area contributed by atoms with Crippen LogP contribution in [0.4, 0.5) is 4.39 Å². The van der Waals surface area contributed by atoms with Crippen molar-refractivity contribution in [2.24, 2.45) is 0 Å². The van der Waals surface area contributed by atoms with Gasteiger partial charge in [0.2, 0.25) is 10.0 Å². The van der Waals surface area contributed by atoms with Gasteiger partial charge < -0.3 is 5.32 Å². The second kappa shape index (κ2) is 8.55. The molecule has 1 aromatic carbocycles. The molecule has 2 aromatic rings. The molecule has 136 valence electrons. The second-order valence-corrected chi connectivity index (χ2v) is 8.57. The van der Waals surface area contributed by atoms with Gasteiger partial charge in [-0.15, -0.1) is 11.3 Å². The number of halogens is 1. The summed E-state index contributed by atoms with van der Waals surface area (Å²) < 4.78 is 38.1. The number of carbonyl (C=O) groups excluding carboxylic acids is 1. The van der Waals surface area contributed by atoms with Gasteiger partial charge in [0.1, 0.15) is 5.82 Å². The van der Waals surface area contributed by atoms with Crippen LogP contribution in [0.5, 0.6) is 0 Å². The van der Waals surface area contributed by atoms with Gasteiger partial charge in [-0.2, -0.15) is 0 Å². The smallest absolute Gasteiger partial charge is 0.261 e. The van der Waals surface area contributed by atoms with E-state index in [-0.39, 0.29) is 11.7 Å². The Labute approximate surface area is 151 Å². The maximum Gasteiger partial charge on any atom is 0.261 e. The van der Waals surface area contributed by atoms with Crippen molar-refractivity contribution >= 4 is 27.3 Å². The van der Waals surface area contributed by atoms with Crippen LogP contribution in [0.2, 0.25) is 0 Å². The average molecular weight is 384 g/mol. The lowest BCUT2D eigenvalue weighted by atomic mass is 10.2. The van der Waals surface area contributed by atoms with Crippen molar-refractivity contribution in [1.29, 1.82) is 0 Å². The van der Waals surface area contributed by atoms with Crippen molar-refractivity contribution in [1.82, 2.24) is 9.62 Å². The molecule has 0 saturated carbocycles. The molecule has 0 bridgehead atoms. The summed E-state index contributed by atoms with van der Waals surface area (Å²) in [5.74, 6) is -0.563. The molecule has 2 rings (SSSR count). The summed E-state index contributed by atoms with van der Waals surface area (Å²) in [7, 11) is -3.21. The summed E-state index contributed by atoms with van der Waals surface area (Å²) in [5, 5.41) is 2.77. The first-order chi connectivity index (χ1) is 11.8. The van der Waals surface area contributed by atoms with Crippen LogP contribution in [0.1, 0.15) is 23.0 Å². The molecule has 25 heavy (non-hydrogen) atoms. The normalized spacial score (nSPS) is 11.7. The van der Waals surface area contributed by atoms with Crippen LogP contribution < -0.4 is 5.32 Å². The monoisotopic (exact) mass is 384 g/mol. The molecule has 1 aromatic heterocycles. The summed E-state index contributed by atoms with van der Waals surface area (Å²) >= 11 is 1.22. The maximum absolute atomic E-state index is 13.8. The van der Waals surface area contributed by atoms with Crippen LogP contribution in [0.15, 0.2) is 36.4 Å². The molecular formula is C17H21FN2O3S2.